The zero-order valence-electron chi connectivity index (χ0n) is 12.7. The third-order valence-electron chi connectivity index (χ3n) is 3.69. The lowest BCUT2D eigenvalue weighted by Gasteiger charge is -2.01. The summed E-state index contributed by atoms with van der Waals surface area (Å²) < 4.78 is 28.1. The fraction of sp³-hybridized carbons (Fsp3) is 0. The minimum Gasteiger partial charge on any atom is -0.359 e. The predicted octanol–water partition coefficient (Wildman–Crippen LogP) is 3.28. The minimum absolute atomic E-state index is 0.0409. The maximum absolute atomic E-state index is 13.4. The van der Waals surface area contributed by atoms with Crippen LogP contribution < -0.4 is 5.32 Å². The highest BCUT2D eigenvalue weighted by molar-refractivity contribution is 6.07. The lowest BCUT2D eigenvalue weighted by atomic mass is 10.2. The summed E-state index contributed by atoms with van der Waals surface area (Å²) in [5, 5.41) is 7.07. The Labute approximate surface area is 140 Å². The summed E-state index contributed by atoms with van der Waals surface area (Å²) in [6.07, 6.45) is 2.88. The maximum atomic E-state index is 13.4. The first-order valence-electron chi connectivity index (χ1n) is 7.36. The average molecular weight is 339 g/mol. The summed E-state index contributed by atoms with van der Waals surface area (Å²) in [5.74, 6) is -2.55. The van der Waals surface area contributed by atoms with Gasteiger partial charge in [0.1, 0.15) is 6.33 Å². The zero-order chi connectivity index (χ0) is 17.4. The number of benzene rings is 2. The minimum atomic E-state index is -0.992. The van der Waals surface area contributed by atoms with Crippen LogP contribution in [0.2, 0.25) is 0 Å². The quantitative estimate of drug-likeness (QED) is 0.601. The van der Waals surface area contributed by atoms with E-state index in [-0.39, 0.29) is 5.82 Å². The van der Waals surface area contributed by atoms with Crippen molar-refractivity contribution in [3.8, 4) is 5.69 Å². The van der Waals surface area contributed by atoms with Crippen LogP contribution in [0.5, 0.6) is 0 Å². The third kappa shape index (κ3) is 2.74. The first-order chi connectivity index (χ1) is 12.1. The second kappa shape index (κ2) is 5.82. The van der Waals surface area contributed by atoms with E-state index in [0.717, 1.165) is 17.8 Å². The molecule has 0 aliphatic carbocycles. The molecule has 0 saturated heterocycles. The molecule has 124 valence electrons. The number of hydrogen-bond donors (Lipinski definition) is 2. The molecule has 0 atom stereocenters. The Morgan fingerprint density at radius 1 is 1.12 bits per heavy atom. The molecule has 2 heterocycles. The first kappa shape index (κ1) is 15.0. The van der Waals surface area contributed by atoms with Crippen molar-refractivity contribution >= 4 is 22.5 Å². The molecule has 0 bridgehead atoms. The van der Waals surface area contributed by atoms with E-state index in [1.54, 1.807) is 0 Å². The van der Waals surface area contributed by atoms with E-state index in [1.165, 1.54) is 17.2 Å². The van der Waals surface area contributed by atoms with Gasteiger partial charge in [0.25, 0.3) is 5.91 Å². The molecule has 2 aromatic heterocycles. The van der Waals surface area contributed by atoms with Crippen LogP contribution in [-0.4, -0.2) is 25.7 Å². The van der Waals surface area contributed by atoms with Gasteiger partial charge in [-0.2, -0.15) is 0 Å². The van der Waals surface area contributed by atoms with Gasteiger partial charge in [0.05, 0.1) is 16.9 Å². The Hall–Kier alpha value is -3.55. The molecular weight excluding hydrogens is 328 g/mol. The summed E-state index contributed by atoms with van der Waals surface area (Å²) in [7, 11) is 0. The van der Waals surface area contributed by atoms with Gasteiger partial charge in [-0.05, 0) is 18.2 Å². The predicted molar refractivity (Wildman–Crippen MR) is 87.5 cm³/mol. The molecule has 8 heteroatoms. The number of carbonyl (C=O) groups excluding carboxylic acids is 1. The number of amides is 1. The van der Waals surface area contributed by atoms with Crippen molar-refractivity contribution < 1.29 is 13.6 Å². The van der Waals surface area contributed by atoms with Crippen LogP contribution in [0.3, 0.4) is 0 Å². The highest BCUT2D eigenvalue weighted by Crippen LogP contribution is 2.25. The Morgan fingerprint density at radius 2 is 1.88 bits per heavy atom. The van der Waals surface area contributed by atoms with Gasteiger partial charge in [-0.15, -0.1) is 5.10 Å². The molecule has 6 nitrogen and oxygen atoms in total. The van der Waals surface area contributed by atoms with E-state index in [1.807, 2.05) is 30.3 Å². The number of anilines is 1. The monoisotopic (exact) mass is 339 g/mol. The molecule has 0 fully saturated rings. The van der Waals surface area contributed by atoms with Gasteiger partial charge in [-0.25, -0.2) is 18.4 Å². The molecule has 4 rings (SSSR count). The fourth-order valence-electron chi connectivity index (χ4n) is 2.47. The highest BCUT2D eigenvalue weighted by Gasteiger charge is 2.16. The number of hydrogen-bond acceptors (Lipinski definition) is 3. The van der Waals surface area contributed by atoms with E-state index in [9.17, 15) is 13.6 Å². The second-order valence-electron chi connectivity index (χ2n) is 5.32. The number of nitrogens with zero attached hydrogens (tertiary/aromatic N) is 3. The summed E-state index contributed by atoms with van der Waals surface area (Å²) in [6, 6.07) is 11.3. The molecule has 4 aromatic rings. The van der Waals surface area contributed by atoms with Crippen molar-refractivity contribution in [2.75, 3.05) is 5.32 Å². The topological polar surface area (TPSA) is 75.6 Å². The van der Waals surface area contributed by atoms with Gasteiger partial charge < -0.3 is 10.3 Å². The lowest BCUT2D eigenvalue weighted by Crippen LogP contribution is -2.14. The van der Waals surface area contributed by atoms with Crippen LogP contribution in [0, 0.1) is 11.6 Å². The molecule has 2 N–H and O–H groups in total. The van der Waals surface area contributed by atoms with Crippen LogP contribution in [0.1, 0.15) is 10.6 Å². The second-order valence-corrected chi connectivity index (χ2v) is 5.32. The van der Waals surface area contributed by atoms with Crippen LogP contribution in [-0.2, 0) is 0 Å². The van der Waals surface area contributed by atoms with Crippen LogP contribution >= 0.6 is 0 Å². The Kier molecular flexibility index (Phi) is 3.50. The van der Waals surface area contributed by atoms with Crippen molar-refractivity contribution in [1.82, 2.24) is 19.7 Å². The summed E-state index contributed by atoms with van der Waals surface area (Å²) in [5.41, 5.74) is 1.45. The fourth-order valence-corrected chi connectivity index (χ4v) is 2.47. The molecule has 2 aromatic carbocycles. The molecular formula is C17H11F2N5O. The molecule has 0 saturated carbocycles. The van der Waals surface area contributed by atoms with E-state index < -0.39 is 17.5 Å². The normalized spacial score (nSPS) is 11.0. The van der Waals surface area contributed by atoms with Crippen molar-refractivity contribution in [2.24, 2.45) is 0 Å². The number of halogens is 2. The van der Waals surface area contributed by atoms with E-state index in [0.29, 0.717) is 16.6 Å². The molecule has 0 radical (unpaired) electrons. The Morgan fingerprint density at radius 3 is 2.68 bits per heavy atom. The van der Waals surface area contributed by atoms with E-state index in [2.05, 4.69) is 20.4 Å². The van der Waals surface area contributed by atoms with Gasteiger partial charge >= 0.3 is 0 Å². The smallest absolute Gasteiger partial charge is 0.295 e. The third-order valence-corrected chi connectivity index (χ3v) is 3.69. The zero-order valence-corrected chi connectivity index (χ0v) is 12.7. The van der Waals surface area contributed by atoms with Crippen molar-refractivity contribution in [3.63, 3.8) is 0 Å². The van der Waals surface area contributed by atoms with Crippen molar-refractivity contribution in [1.29, 1.82) is 0 Å². The number of nitrogens with one attached hydrogen (secondary N) is 2. The van der Waals surface area contributed by atoms with Gasteiger partial charge in [-0.1, -0.05) is 18.2 Å². The molecule has 0 unspecified atom stereocenters. The Bertz CT molecular complexity index is 1070. The summed E-state index contributed by atoms with van der Waals surface area (Å²) in [6.45, 7) is 0. The number of carbonyl (C=O) groups is 1. The molecule has 25 heavy (non-hydrogen) atoms. The number of rotatable bonds is 3. The van der Waals surface area contributed by atoms with Crippen LogP contribution in [0.15, 0.2) is 55.0 Å². The van der Waals surface area contributed by atoms with Gasteiger partial charge in [0.2, 0.25) is 5.82 Å². The van der Waals surface area contributed by atoms with Crippen molar-refractivity contribution in [3.05, 3.63) is 72.4 Å². The number of H-pyrrole nitrogens is 1. The van der Waals surface area contributed by atoms with Gasteiger partial charge in [0, 0.05) is 17.6 Å². The van der Waals surface area contributed by atoms with E-state index >= 15 is 0 Å². The highest BCUT2D eigenvalue weighted by atomic mass is 19.2. The van der Waals surface area contributed by atoms with Gasteiger partial charge in [-0.3, -0.25) is 4.79 Å². The van der Waals surface area contributed by atoms with Crippen LogP contribution in [0.4, 0.5) is 14.5 Å². The number of aromatic amines is 1. The lowest BCUT2D eigenvalue weighted by molar-refractivity contribution is 0.101. The maximum Gasteiger partial charge on any atom is 0.295 e. The Balaban J connectivity index is 1.61. The van der Waals surface area contributed by atoms with Crippen molar-refractivity contribution in [2.45, 2.75) is 0 Å². The number of fused-ring (bicyclic) bond motifs is 1. The van der Waals surface area contributed by atoms with E-state index in [4.69, 9.17) is 0 Å². The first-order valence-corrected chi connectivity index (χ1v) is 7.36. The van der Waals surface area contributed by atoms with Gasteiger partial charge in [0.15, 0.2) is 11.6 Å². The average Bonchev–Trinajstić information content (AvgIpc) is 3.25. The summed E-state index contributed by atoms with van der Waals surface area (Å²) >= 11 is 0. The van der Waals surface area contributed by atoms with Crippen LogP contribution in [0.25, 0.3) is 16.6 Å². The number of aromatic nitrogens is 4. The summed E-state index contributed by atoms with van der Waals surface area (Å²) in [4.78, 5) is 19.1. The SMILES string of the molecule is O=C(Nc1c[nH]c2cc(F)c(F)cc12)c1ncn(-c2ccccc2)n1. The molecule has 1 amide bonds. The molecule has 0 spiro atoms. The number of para-hydroxylation sites is 1. The molecule has 0 aliphatic heterocycles. The largest absolute Gasteiger partial charge is 0.359 e. The standard InChI is InChI=1S/C17H11F2N5O/c18-12-6-11-14(7-13(12)19)20-8-15(11)22-17(25)16-21-9-24(23-16)10-4-2-1-3-5-10/h1-9,20H,(H,22,25). The molecule has 0 aliphatic rings.